The van der Waals surface area contributed by atoms with E-state index in [1.165, 1.54) is 0 Å². The Morgan fingerprint density at radius 3 is 2.65 bits per heavy atom. The van der Waals surface area contributed by atoms with E-state index in [1.807, 2.05) is 51.1 Å². The van der Waals surface area contributed by atoms with Crippen molar-refractivity contribution in [3.05, 3.63) is 65.3 Å². The van der Waals surface area contributed by atoms with Crippen LogP contribution in [0.25, 0.3) is 0 Å². The Labute approximate surface area is 267 Å². The Hall–Kier alpha value is -3.26. The number of ether oxygens (including phenoxy) is 2. The highest BCUT2D eigenvalue weighted by Crippen LogP contribution is 2.31. The number of pyridine rings is 1. The van der Waals surface area contributed by atoms with Crippen LogP contribution in [0.4, 0.5) is 22.0 Å². The molecule has 0 spiro atoms. The van der Waals surface area contributed by atoms with Crippen LogP contribution in [-0.2, 0) is 28.2 Å². The Balaban J connectivity index is 1.72. The van der Waals surface area contributed by atoms with Crippen LogP contribution in [0.5, 0.6) is 0 Å². The first-order valence-electron chi connectivity index (χ1n) is 14.1. The van der Waals surface area contributed by atoms with Crippen molar-refractivity contribution < 1.29 is 14.3 Å². The van der Waals surface area contributed by atoms with Crippen LogP contribution in [0.3, 0.4) is 0 Å². The van der Waals surface area contributed by atoms with E-state index < -0.39 is 11.7 Å². The number of rotatable bonds is 11. The standard InChI is InChI=1S/C30H39N7O3S3/c1-6-11-36(27(31)41)23-10-8-9-21(16-23)19-37(29(38)40-30(3,4)5)25-18-24(35-12-14-39-15-13-35)17-22(32-25)20-42-28-34-33-26(7-2)43-28/h6,8-10,16-18H,1,7,11-15,19-20H2,2-5H3,(H2,31,41). The number of thiocarbonyl (C=S) groups is 1. The maximum absolute atomic E-state index is 13.8. The number of carbonyl (C=O) groups is 1. The molecule has 0 bridgehead atoms. The molecule has 0 saturated carbocycles. The van der Waals surface area contributed by atoms with Crippen LogP contribution in [0.1, 0.15) is 44.0 Å². The van der Waals surface area contributed by atoms with Gasteiger partial charge >= 0.3 is 6.09 Å². The number of hydrogen-bond donors (Lipinski definition) is 1. The predicted molar refractivity (Wildman–Crippen MR) is 179 cm³/mol. The quantitative estimate of drug-likeness (QED) is 0.156. The van der Waals surface area contributed by atoms with Gasteiger partial charge in [0.1, 0.15) is 16.4 Å². The summed E-state index contributed by atoms with van der Waals surface area (Å²) < 4.78 is 12.4. The first-order valence-corrected chi connectivity index (χ1v) is 16.3. The molecule has 0 unspecified atom stereocenters. The van der Waals surface area contributed by atoms with E-state index in [2.05, 4.69) is 34.7 Å². The molecule has 43 heavy (non-hydrogen) atoms. The van der Waals surface area contributed by atoms with Gasteiger partial charge in [0.25, 0.3) is 0 Å². The van der Waals surface area contributed by atoms with Gasteiger partial charge < -0.3 is 25.0 Å². The average Bonchev–Trinajstić information content (AvgIpc) is 3.45. The minimum absolute atomic E-state index is 0.227. The molecule has 1 aromatic carbocycles. The Bertz CT molecular complexity index is 1420. The number of aromatic nitrogens is 3. The molecule has 1 aliphatic heterocycles. The van der Waals surface area contributed by atoms with Gasteiger partial charge in [0.2, 0.25) is 0 Å². The van der Waals surface area contributed by atoms with Gasteiger partial charge in [0.15, 0.2) is 9.45 Å². The van der Waals surface area contributed by atoms with Crippen molar-refractivity contribution in [2.24, 2.45) is 5.73 Å². The van der Waals surface area contributed by atoms with Gasteiger partial charge in [-0.1, -0.05) is 48.2 Å². The van der Waals surface area contributed by atoms with Crippen LogP contribution < -0.4 is 20.4 Å². The molecule has 2 aromatic heterocycles. The number of thioether (sulfide) groups is 1. The first-order chi connectivity index (χ1) is 20.6. The van der Waals surface area contributed by atoms with Gasteiger partial charge in [-0.05, 0) is 63.2 Å². The number of carbonyl (C=O) groups excluding carboxylic acids is 1. The number of nitrogens with two attached hydrogens (primary N) is 1. The molecular weight excluding hydrogens is 603 g/mol. The fraction of sp³-hybridized carbons (Fsp3) is 0.433. The van der Waals surface area contributed by atoms with E-state index in [0.717, 1.165) is 51.5 Å². The molecule has 13 heteroatoms. The van der Waals surface area contributed by atoms with Gasteiger partial charge in [0, 0.05) is 42.8 Å². The molecule has 0 atom stereocenters. The zero-order valence-corrected chi connectivity index (χ0v) is 27.6. The molecule has 0 aliphatic carbocycles. The fourth-order valence-corrected chi connectivity index (χ4v) is 6.27. The van der Waals surface area contributed by atoms with Crippen LogP contribution >= 0.6 is 35.3 Å². The second-order valence-corrected chi connectivity index (χ2v) is 13.6. The van der Waals surface area contributed by atoms with Crippen molar-refractivity contribution >= 4 is 63.7 Å². The molecule has 1 aliphatic rings. The second kappa shape index (κ2) is 15.0. The van der Waals surface area contributed by atoms with Gasteiger partial charge in [-0.15, -0.1) is 16.8 Å². The van der Waals surface area contributed by atoms with Crippen LogP contribution in [0.15, 0.2) is 53.4 Å². The summed E-state index contributed by atoms with van der Waals surface area (Å²) in [6.45, 7) is 14.9. The lowest BCUT2D eigenvalue weighted by molar-refractivity contribution is 0.0576. The smallest absolute Gasteiger partial charge is 0.416 e. The van der Waals surface area contributed by atoms with Crippen molar-refractivity contribution in [1.82, 2.24) is 15.2 Å². The molecule has 1 amide bonds. The average molecular weight is 642 g/mol. The molecule has 2 N–H and O–H groups in total. The van der Waals surface area contributed by atoms with Crippen LogP contribution in [-0.4, -0.2) is 64.8 Å². The van der Waals surface area contributed by atoms with Gasteiger partial charge in [-0.2, -0.15) is 0 Å². The van der Waals surface area contributed by atoms with Crippen molar-refractivity contribution in [2.75, 3.05) is 47.5 Å². The number of nitrogens with zero attached hydrogens (tertiary/aromatic N) is 6. The predicted octanol–water partition coefficient (Wildman–Crippen LogP) is 5.80. The minimum Gasteiger partial charge on any atom is -0.443 e. The highest BCUT2D eigenvalue weighted by Gasteiger charge is 2.27. The molecule has 0 radical (unpaired) electrons. The summed E-state index contributed by atoms with van der Waals surface area (Å²) in [6.07, 6.45) is 2.10. The van der Waals surface area contributed by atoms with E-state index in [1.54, 1.807) is 39.0 Å². The summed E-state index contributed by atoms with van der Waals surface area (Å²) in [5.41, 5.74) is 8.77. The number of benzene rings is 1. The molecule has 3 heterocycles. The maximum Gasteiger partial charge on any atom is 0.416 e. The number of aryl methyl sites for hydroxylation is 1. The highest BCUT2D eigenvalue weighted by atomic mass is 32.2. The van der Waals surface area contributed by atoms with E-state index >= 15 is 0 Å². The van der Waals surface area contributed by atoms with Crippen LogP contribution in [0, 0.1) is 0 Å². The van der Waals surface area contributed by atoms with Crippen molar-refractivity contribution in [2.45, 2.75) is 56.4 Å². The topological polar surface area (TPSA) is 110 Å². The van der Waals surface area contributed by atoms with Gasteiger partial charge in [0.05, 0.1) is 25.5 Å². The molecule has 10 nitrogen and oxygen atoms in total. The summed E-state index contributed by atoms with van der Waals surface area (Å²) in [6, 6.07) is 11.8. The maximum atomic E-state index is 13.8. The van der Waals surface area contributed by atoms with E-state index in [0.29, 0.717) is 31.3 Å². The zero-order valence-electron chi connectivity index (χ0n) is 25.1. The van der Waals surface area contributed by atoms with Crippen molar-refractivity contribution in [1.29, 1.82) is 0 Å². The lowest BCUT2D eigenvalue weighted by Crippen LogP contribution is -2.38. The lowest BCUT2D eigenvalue weighted by Gasteiger charge is -2.31. The molecule has 1 fully saturated rings. The summed E-state index contributed by atoms with van der Waals surface area (Å²) >= 11 is 8.45. The number of hydrogen-bond acceptors (Lipinski definition) is 10. The summed E-state index contributed by atoms with van der Waals surface area (Å²) in [4.78, 5) is 24.3. The third-order valence-electron chi connectivity index (χ3n) is 6.35. The van der Waals surface area contributed by atoms with E-state index in [-0.39, 0.29) is 11.7 Å². The Morgan fingerprint density at radius 2 is 2.00 bits per heavy atom. The van der Waals surface area contributed by atoms with Gasteiger partial charge in [-0.25, -0.2) is 9.78 Å². The first kappa shape index (κ1) is 32.6. The molecule has 3 aromatic rings. The number of morpholine rings is 1. The summed E-state index contributed by atoms with van der Waals surface area (Å²) in [5, 5.41) is 9.79. The summed E-state index contributed by atoms with van der Waals surface area (Å²) in [5.74, 6) is 1.08. The Kier molecular flexibility index (Phi) is 11.4. The molecule has 4 rings (SSSR count). The molecule has 1 saturated heterocycles. The molecular formula is C30H39N7O3S3. The third-order valence-corrected chi connectivity index (χ3v) is 8.81. The second-order valence-electron chi connectivity index (χ2n) is 10.9. The van der Waals surface area contributed by atoms with Gasteiger partial charge in [-0.3, -0.25) is 4.90 Å². The third kappa shape index (κ3) is 9.36. The van der Waals surface area contributed by atoms with Crippen molar-refractivity contribution in [3.8, 4) is 0 Å². The lowest BCUT2D eigenvalue weighted by atomic mass is 10.1. The SMILES string of the molecule is C=CCN(C(N)=S)c1cccc(CN(C(=O)OC(C)(C)C)c2cc(N3CCOCC3)cc(CSc3nnc(CC)s3)n2)c1. The number of amides is 1. The largest absolute Gasteiger partial charge is 0.443 e. The number of anilines is 3. The van der Waals surface area contributed by atoms with Crippen LogP contribution in [0.2, 0.25) is 0 Å². The highest BCUT2D eigenvalue weighted by molar-refractivity contribution is 8.00. The Morgan fingerprint density at radius 1 is 1.23 bits per heavy atom. The van der Waals surface area contributed by atoms with E-state index in [9.17, 15) is 4.79 Å². The molecule has 230 valence electrons. The zero-order chi connectivity index (χ0) is 31.0. The van der Waals surface area contributed by atoms with E-state index in [4.69, 9.17) is 32.4 Å². The monoisotopic (exact) mass is 641 g/mol. The van der Waals surface area contributed by atoms with Crippen molar-refractivity contribution in [3.63, 3.8) is 0 Å². The minimum atomic E-state index is -0.695. The fourth-order valence-electron chi connectivity index (χ4n) is 4.36. The summed E-state index contributed by atoms with van der Waals surface area (Å²) in [7, 11) is 0. The normalized spacial score (nSPS) is 13.4.